The fourth-order valence-corrected chi connectivity index (χ4v) is 8.48. The molecule has 3 aliphatic rings. The van der Waals surface area contributed by atoms with E-state index in [1.807, 2.05) is 13.8 Å². The summed E-state index contributed by atoms with van der Waals surface area (Å²) in [5.41, 5.74) is 10.9. The smallest absolute Gasteiger partial charge is 0.305 e. The number of guanidine groups is 1. The highest BCUT2D eigenvalue weighted by Crippen LogP contribution is 2.26. The summed E-state index contributed by atoms with van der Waals surface area (Å²) >= 11 is 0. The second-order valence-electron chi connectivity index (χ2n) is 19.3. The predicted octanol–water partition coefficient (Wildman–Crippen LogP) is -4.08. The monoisotopic (exact) mass is 1010 g/mol. The van der Waals surface area contributed by atoms with Crippen LogP contribution in [0.2, 0.25) is 0 Å². The highest BCUT2D eigenvalue weighted by molar-refractivity contribution is 6.00. The molecule has 10 amide bonds. The summed E-state index contributed by atoms with van der Waals surface area (Å²) in [6, 6.07) is -13.5. The molecular weight excluding hydrogens is 931 g/mol. The molecular formula is C45H75N13O13. The minimum atomic E-state index is -1.88. The third kappa shape index (κ3) is 17.6. The van der Waals surface area contributed by atoms with Gasteiger partial charge in [0, 0.05) is 19.6 Å². The molecule has 0 aliphatic carbocycles. The topological polar surface area (TPSA) is 395 Å². The number of aliphatic carboxylic acids is 1. The Balaban J connectivity index is 2.07. The molecule has 398 valence electrons. The molecule has 3 fully saturated rings. The third-order valence-corrected chi connectivity index (χ3v) is 12.2. The van der Waals surface area contributed by atoms with Crippen molar-refractivity contribution in [1.82, 2.24) is 52.3 Å². The molecule has 0 aromatic rings. The van der Waals surface area contributed by atoms with Crippen molar-refractivity contribution in [2.45, 2.75) is 180 Å². The number of nitrogens with two attached hydrogens (primary N) is 2. The number of carboxylic acids is 1. The van der Waals surface area contributed by atoms with Crippen molar-refractivity contribution in [1.29, 1.82) is 0 Å². The zero-order chi connectivity index (χ0) is 53.4. The van der Waals surface area contributed by atoms with Gasteiger partial charge in [-0.2, -0.15) is 0 Å². The third-order valence-electron chi connectivity index (χ3n) is 12.2. The Bertz CT molecular complexity index is 2010. The van der Waals surface area contributed by atoms with E-state index in [1.54, 1.807) is 13.8 Å². The summed E-state index contributed by atoms with van der Waals surface area (Å²) in [6.45, 7) is 12.6. The number of hydrogen-bond donors (Lipinski definition) is 12. The summed E-state index contributed by atoms with van der Waals surface area (Å²) in [6.07, 6.45) is -1.20. The van der Waals surface area contributed by atoms with Gasteiger partial charge >= 0.3 is 5.97 Å². The molecule has 3 aliphatic heterocycles. The first-order chi connectivity index (χ1) is 33.2. The molecule has 3 rings (SSSR count). The fraction of sp³-hybridized carbons (Fsp3) is 0.733. The number of carboxylic acid groups (broad SMARTS) is 1. The van der Waals surface area contributed by atoms with Gasteiger partial charge in [-0.05, 0) is 90.9 Å². The number of amides is 10. The number of aliphatic imine (C=N–C) groups is 1. The molecule has 26 heteroatoms. The van der Waals surface area contributed by atoms with Crippen molar-refractivity contribution in [3.05, 3.63) is 0 Å². The minimum absolute atomic E-state index is 0.00426. The first-order valence-electron chi connectivity index (χ1n) is 24.2. The van der Waals surface area contributed by atoms with Crippen LogP contribution in [0.15, 0.2) is 4.99 Å². The first-order valence-corrected chi connectivity index (χ1v) is 24.2. The van der Waals surface area contributed by atoms with E-state index in [1.165, 1.54) is 30.6 Å². The lowest BCUT2D eigenvalue weighted by Crippen LogP contribution is -2.62. The number of nitrogens with zero attached hydrogens (tertiary/aromatic N) is 3. The number of carbonyl (C=O) groups is 11. The van der Waals surface area contributed by atoms with Crippen LogP contribution in [0.4, 0.5) is 0 Å². The predicted molar refractivity (Wildman–Crippen MR) is 255 cm³/mol. The van der Waals surface area contributed by atoms with Crippen molar-refractivity contribution >= 4 is 71.0 Å². The molecule has 0 aromatic carbocycles. The van der Waals surface area contributed by atoms with Crippen molar-refractivity contribution in [3.63, 3.8) is 0 Å². The molecule has 26 nitrogen and oxygen atoms in total. The van der Waals surface area contributed by atoms with E-state index in [4.69, 9.17) is 11.5 Å². The Kier molecular flexibility index (Phi) is 22.4. The average Bonchev–Trinajstić information content (AvgIpc) is 3.98. The molecule has 14 N–H and O–H groups in total. The molecule has 71 heavy (non-hydrogen) atoms. The van der Waals surface area contributed by atoms with Crippen LogP contribution in [0.5, 0.6) is 0 Å². The maximum absolute atomic E-state index is 14.3. The normalized spacial score (nSPS) is 29.1. The van der Waals surface area contributed by atoms with E-state index in [2.05, 4.69) is 47.5 Å². The van der Waals surface area contributed by atoms with E-state index in [0.717, 1.165) is 6.92 Å². The highest BCUT2D eigenvalue weighted by Gasteiger charge is 2.44. The Hall–Kier alpha value is -6.60. The first kappa shape index (κ1) is 58.7. The molecule has 0 radical (unpaired) electrons. The summed E-state index contributed by atoms with van der Waals surface area (Å²) in [5, 5.41) is 40.3. The minimum Gasteiger partial charge on any atom is -0.481 e. The summed E-state index contributed by atoms with van der Waals surface area (Å²) in [7, 11) is 0. The van der Waals surface area contributed by atoms with Crippen LogP contribution in [-0.2, 0) is 52.7 Å². The van der Waals surface area contributed by atoms with Gasteiger partial charge in [0.15, 0.2) is 5.96 Å². The molecule has 0 bridgehead atoms. The van der Waals surface area contributed by atoms with Crippen molar-refractivity contribution in [2.75, 3.05) is 19.6 Å². The summed E-state index contributed by atoms with van der Waals surface area (Å²) in [4.78, 5) is 157. The van der Waals surface area contributed by atoms with Gasteiger partial charge in [0.1, 0.15) is 60.4 Å². The van der Waals surface area contributed by atoms with Gasteiger partial charge in [-0.1, -0.05) is 27.7 Å². The van der Waals surface area contributed by atoms with Crippen molar-refractivity contribution in [3.8, 4) is 0 Å². The quantitative estimate of drug-likeness (QED) is 0.0532. The largest absolute Gasteiger partial charge is 0.481 e. The van der Waals surface area contributed by atoms with Crippen LogP contribution >= 0.6 is 0 Å². The van der Waals surface area contributed by atoms with Crippen molar-refractivity contribution < 1.29 is 63.0 Å². The van der Waals surface area contributed by atoms with E-state index in [9.17, 15) is 63.0 Å². The highest BCUT2D eigenvalue weighted by atomic mass is 16.4. The number of hydrogen-bond acceptors (Lipinski definition) is 13. The van der Waals surface area contributed by atoms with Crippen LogP contribution in [-0.4, -0.2) is 177 Å². The van der Waals surface area contributed by atoms with Crippen LogP contribution in [0.1, 0.15) is 113 Å². The zero-order valence-electron chi connectivity index (χ0n) is 41.9. The average molecular weight is 1010 g/mol. The lowest BCUT2D eigenvalue weighted by molar-refractivity contribution is -0.148. The molecule has 0 aromatic heterocycles. The number of fused-ring (bicyclic) bond motifs is 2. The molecule has 0 unspecified atom stereocenters. The van der Waals surface area contributed by atoms with Gasteiger partial charge in [-0.3, -0.25) is 57.7 Å². The van der Waals surface area contributed by atoms with E-state index in [-0.39, 0.29) is 76.0 Å². The number of nitrogens with one attached hydrogen (secondary N) is 8. The van der Waals surface area contributed by atoms with Gasteiger partial charge in [0.2, 0.25) is 59.1 Å². The molecule has 3 heterocycles. The van der Waals surface area contributed by atoms with Gasteiger partial charge in [-0.15, -0.1) is 0 Å². The number of carbonyl (C=O) groups excluding carboxylic acids is 10. The Morgan fingerprint density at radius 2 is 1.01 bits per heavy atom. The number of aliphatic hydroxyl groups is 1. The Labute approximate surface area is 413 Å². The van der Waals surface area contributed by atoms with E-state index in [0.29, 0.717) is 12.8 Å². The molecule has 3 saturated heterocycles. The van der Waals surface area contributed by atoms with Crippen LogP contribution < -0.4 is 54.0 Å². The molecule has 0 spiro atoms. The van der Waals surface area contributed by atoms with Gasteiger partial charge < -0.3 is 74.0 Å². The SMILES string of the molecule is CC(C)C[C@@H]1NC(=O)[C@H](CC(=O)O)NC(=O)[C@H]([C@@H](C)O)NC(=O)[C@H](CCCN=C(N)N)NC(=O)[C@H](C)NC(=O)[C@@H]2CCCN2C(=O)[C@H]2CCCN2C(=O)[C@H](CC(C)C)NC(=O)[C@H](C)NC(=O)[C@H](C)NC1=O. The lowest BCUT2D eigenvalue weighted by Gasteiger charge is -2.34. The van der Waals surface area contributed by atoms with E-state index < -0.39 is 138 Å². The van der Waals surface area contributed by atoms with Gasteiger partial charge in [-0.25, -0.2) is 0 Å². The second-order valence-corrected chi connectivity index (χ2v) is 19.3. The Morgan fingerprint density at radius 3 is 1.55 bits per heavy atom. The second kappa shape index (κ2) is 27.1. The van der Waals surface area contributed by atoms with Gasteiger partial charge in [0.25, 0.3) is 0 Å². The standard InChI is InChI=1S/C45H75N13O13/c1-21(2)18-28-39(66)50-23(5)35(62)49-24(6)37(64)55-30(19-22(3)4)43(70)58-17-11-14-32(58)44(71)57-16-10-13-31(57)41(68)51-25(7)36(63)52-27(12-9-15-48-45(46)47)38(65)56-34(26(8)59)42(69)54-29(20-33(60)61)40(67)53-28/h21-32,34,59H,9-20H2,1-8H3,(H,49,62)(H,50,66)(H,51,68)(H,52,63)(H,53,67)(H,54,69)(H,55,64)(H,56,65)(H,60,61)(H4,46,47,48)/t23-,24-,25-,26+,27-,28-,29-,30-,31-,32+,34-/m0/s1. The zero-order valence-corrected chi connectivity index (χ0v) is 41.9. The van der Waals surface area contributed by atoms with Gasteiger partial charge in [0.05, 0.1) is 12.5 Å². The maximum Gasteiger partial charge on any atom is 0.305 e. The van der Waals surface area contributed by atoms with Crippen LogP contribution in [0.25, 0.3) is 0 Å². The van der Waals surface area contributed by atoms with Crippen molar-refractivity contribution in [2.24, 2.45) is 28.3 Å². The fourth-order valence-electron chi connectivity index (χ4n) is 8.48. The molecule has 11 atom stereocenters. The maximum atomic E-state index is 14.3. The summed E-state index contributed by atoms with van der Waals surface area (Å²) in [5.74, 6) is -10.5. The lowest BCUT2D eigenvalue weighted by atomic mass is 10.0. The number of aliphatic hydroxyl groups excluding tert-OH is 1. The summed E-state index contributed by atoms with van der Waals surface area (Å²) < 4.78 is 0. The van der Waals surface area contributed by atoms with Crippen LogP contribution in [0.3, 0.4) is 0 Å². The molecule has 0 saturated carbocycles. The van der Waals surface area contributed by atoms with E-state index >= 15 is 0 Å². The van der Waals surface area contributed by atoms with Crippen LogP contribution in [0, 0.1) is 11.8 Å². The number of rotatable bonds is 11. The Morgan fingerprint density at radius 1 is 0.577 bits per heavy atom.